The highest BCUT2D eigenvalue weighted by molar-refractivity contribution is 5.52. The van der Waals surface area contributed by atoms with E-state index in [4.69, 9.17) is 11.5 Å². The van der Waals surface area contributed by atoms with Crippen LogP contribution in [-0.4, -0.2) is 68.9 Å². The lowest BCUT2D eigenvalue weighted by Crippen LogP contribution is -2.72. The van der Waals surface area contributed by atoms with E-state index in [1.165, 1.54) is 62.8 Å². The summed E-state index contributed by atoms with van der Waals surface area (Å²) in [6.45, 7) is 29.8. The summed E-state index contributed by atoms with van der Waals surface area (Å²) in [5.41, 5.74) is 14.1. The lowest BCUT2D eigenvalue weighted by Gasteiger charge is -2.23. The Labute approximate surface area is 354 Å². The van der Waals surface area contributed by atoms with Crippen molar-refractivity contribution in [1.29, 1.82) is 0 Å². The molecule has 332 valence electrons. The molecule has 1 aromatic carbocycles. The van der Waals surface area contributed by atoms with Crippen LogP contribution in [0, 0.1) is 5.92 Å². The third-order valence-corrected chi connectivity index (χ3v) is 8.31. The van der Waals surface area contributed by atoms with Gasteiger partial charge in [-0.2, -0.15) is 0 Å². The molecule has 0 saturated heterocycles. The number of aromatic nitrogens is 2. The van der Waals surface area contributed by atoms with Gasteiger partial charge in [-0.25, -0.2) is 9.13 Å². The molecule has 0 fully saturated rings. The third kappa shape index (κ3) is 35.2. The van der Waals surface area contributed by atoms with Gasteiger partial charge in [0.15, 0.2) is 0 Å². The average Bonchev–Trinajstić information content (AvgIpc) is 3.60. The zero-order chi connectivity index (χ0) is 44.9. The van der Waals surface area contributed by atoms with Crippen molar-refractivity contribution in [3.8, 4) is 0 Å². The van der Waals surface area contributed by atoms with Crippen molar-refractivity contribution < 1.29 is 9.88 Å². The van der Waals surface area contributed by atoms with Gasteiger partial charge in [0.1, 0.15) is 11.9 Å². The molecule has 2 rings (SSSR count). The van der Waals surface area contributed by atoms with Crippen molar-refractivity contribution in [2.24, 2.45) is 41.7 Å². The first kappa shape index (κ1) is 62.5. The maximum Gasteiger partial charge on any atom is 0.421 e. The molecule has 2 aromatic rings. The fourth-order valence-electron chi connectivity index (χ4n) is 4.79. The van der Waals surface area contributed by atoms with E-state index in [-0.39, 0.29) is 0 Å². The Morgan fingerprint density at radius 2 is 1.49 bits per heavy atom. The molecule has 1 heterocycles. The predicted molar refractivity (Wildman–Crippen MR) is 256 cm³/mol. The molecule has 0 aliphatic heterocycles. The molecule has 6 N–H and O–H groups in total. The average molecular weight is 801 g/mol. The maximum absolute atomic E-state index is 5.55. The number of likely N-dealkylation sites (N-methyl/N-ethyl adjacent to an activating group) is 1. The van der Waals surface area contributed by atoms with Gasteiger partial charge in [-0.3, -0.25) is 0 Å². The van der Waals surface area contributed by atoms with Crippen molar-refractivity contribution in [3.05, 3.63) is 85.6 Å². The van der Waals surface area contributed by atoms with Crippen LogP contribution in [-0.2, 0) is 14.1 Å². The Balaban J connectivity index is -0.000000233. The molecule has 1 atom stereocenters. The van der Waals surface area contributed by atoms with Crippen molar-refractivity contribution >= 4 is 17.3 Å². The van der Waals surface area contributed by atoms with Gasteiger partial charge in [0.05, 0.1) is 46.4 Å². The van der Waals surface area contributed by atoms with Crippen LogP contribution in [0.15, 0.2) is 95.9 Å². The Kier molecular flexibility index (Phi) is 53.1. The summed E-state index contributed by atoms with van der Waals surface area (Å²) in [5.74, 6) is 1.67. The number of hydrogen-bond donors (Lipinski definition) is 3. The molecule has 10 heteroatoms. The zero-order valence-electron chi connectivity index (χ0n) is 40.6. The topological polar surface area (TPSA) is 112 Å². The number of allylic oxidation sites excluding steroid dienone is 3. The Morgan fingerprint density at radius 3 is 1.95 bits per heavy atom. The van der Waals surface area contributed by atoms with E-state index in [9.17, 15) is 0 Å². The zero-order valence-corrected chi connectivity index (χ0v) is 40.6. The van der Waals surface area contributed by atoms with Gasteiger partial charge in [-0.1, -0.05) is 138 Å². The number of nitrogens with two attached hydrogens (primary N) is 3. The summed E-state index contributed by atoms with van der Waals surface area (Å²) >= 11 is 0. The van der Waals surface area contributed by atoms with Crippen LogP contribution >= 0.6 is 0 Å². The van der Waals surface area contributed by atoms with Crippen molar-refractivity contribution in [3.63, 3.8) is 0 Å². The third-order valence-electron chi connectivity index (χ3n) is 8.31. The second-order valence-electron chi connectivity index (χ2n) is 12.3. The molecular formula is C47H96N10+2. The van der Waals surface area contributed by atoms with Crippen LogP contribution in [0.5, 0.6) is 0 Å². The monoisotopic (exact) mass is 801 g/mol. The highest BCUT2D eigenvalue weighted by Gasteiger charge is 2.11. The molecule has 0 aliphatic carbocycles. The minimum Gasteiger partial charge on any atom is -0.375 e. The largest absolute Gasteiger partial charge is 0.421 e. The fraction of sp³-hybridized carbons (Fsp3) is 0.638. The number of quaternary nitrogens is 1. The lowest BCUT2D eigenvalue weighted by molar-refractivity contribution is -0.657. The van der Waals surface area contributed by atoms with Crippen molar-refractivity contribution in [2.75, 3.05) is 59.4 Å². The molecule has 57 heavy (non-hydrogen) atoms. The molecule has 1 aromatic heterocycles. The van der Waals surface area contributed by atoms with Crippen LogP contribution < -0.4 is 26.3 Å². The minimum absolute atomic E-state index is 0.574. The Morgan fingerprint density at radius 1 is 0.895 bits per heavy atom. The second-order valence-corrected chi connectivity index (χ2v) is 12.3. The smallest absolute Gasteiger partial charge is 0.375 e. The van der Waals surface area contributed by atoms with Crippen LogP contribution in [0.25, 0.3) is 0 Å². The number of rotatable bonds is 21. The molecule has 0 saturated carbocycles. The van der Waals surface area contributed by atoms with Gasteiger partial charge in [-0.05, 0) is 55.7 Å². The van der Waals surface area contributed by atoms with E-state index in [2.05, 4.69) is 85.8 Å². The number of benzene rings is 1. The van der Waals surface area contributed by atoms with Crippen molar-refractivity contribution in [1.82, 2.24) is 14.4 Å². The summed E-state index contributed by atoms with van der Waals surface area (Å²) < 4.78 is 3.87. The predicted octanol–water partition coefficient (Wildman–Crippen LogP) is 10.6. The number of aryl methyl sites for hydroxylation is 2. The summed E-state index contributed by atoms with van der Waals surface area (Å²) in [6.07, 6.45) is 26.6. The fourth-order valence-corrected chi connectivity index (χ4v) is 4.79. The standard InChI is InChI=1S/C20H38N2.C14H20N5.C5H13N3.4C2H6/c1-5-8-9-10-11-14-19(7-3)16-18-22(4)20(13-6-2)15-12-17-21;1-5-17(2)13-8-6-12(7-9-13)15-16-14-18(3)10-11-19(14)4;1-7-3-4-8(2)5-6;4*1-2/h6,12-13,15,19H,2,5,7-11,14,16-18,21H2,1,3-4H3;6-11H,5H2,1-4H3;3-4,7H,5-6H2,1-2H3;4*1-2H3/q;+1;;;;;/p+1/b15-12-,20-13+;;4-3-;;;;. The van der Waals surface area contributed by atoms with Gasteiger partial charge in [0, 0.05) is 57.3 Å². The first-order valence-electron chi connectivity index (χ1n) is 22.1. The summed E-state index contributed by atoms with van der Waals surface area (Å²) in [5, 5.41) is 10.5. The highest BCUT2D eigenvalue weighted by Crippen LogP contribution is 2.21. The summed E-state index contributed by atoms with van der Waals surface area (Å²) in [6, 6.07) is 8.08. The van der Waals surface area contributed by atoms with Gasteiger partial charge in [-0.15, -0.1) is 0 Å². The minimum atomic E-state index is 0.574. The van der Waals surface area contributed by atoms with Gasteiger partial charge in [0.2, 0.25) is 0 Å². The van der Waals surface area contributed by atoms with Crippen LogP contribution in [0.1, 0.15) is 128 Å². The van der Waals surface area contributed by atoms with Crippen LogP contribution in [0.2, 0.25) is 0 Å². The molecule has 1 unspecified atom stereocenters. The normalized spacial score (nSPS) is 10.8. The van der Waals surface area contributed by atoms with Gasteiger partial charge >= 0.3 is 5.95 Å². The first-order chi connectivity index (χ1) is 27.6. The van der Waals surface area contributed by atoms with E-state index in [0.29, 0.717) is 13.2 Å². The molecule has 10 nitrogen and oxygen atoms in total. The molecular weight excluding hydrogens is 705 g/mol. The molecule has 0 bridgehead atoms. The number of nitrogens with zero attached hydrogens (tertiary/aromatic N) is 7. The first-order valence-corrected chi connectivity index (χ1v) is 22.1. The van der Waals surface area contributed by atoms with Gasteiger partial charge in [0.25, 0.3) is 0 Å². The highest BCUT2D eigenvalue weighted by atomic mass is 15.3. The summed E-state index contributed by atoms with van der Waals surface area (Å²) in [7, 11) is 12.0. The lowest BCUT2D eigenvalue weighted by atomic mass is 9.94. The Bertz CT molecular complexity index is 1200. The van der Waals surface area contributed by atoms with Crippen LogP contribution in [0.3, 0.4) is 0 Å². The van der Waals surface area contributed by atoms with E-state index in [1.54, 1.807) is 0 Å². The van der Waals surface area contributed by atoms with E-state index < -0.39 is 0 Å². The van der Waals surface area contributed by atoms with Gasteiger partial charge < -0.3 is 31.5 Å². The molecule has 0 radical (unpaired) electrons. The van der Waals surface area contributed by atoms with E-state index >= 15 is 0 Å². The van der Waals surface area contributed by atoms with E-state index in [0.717, 1.165) is 30.6 Å². The number of azo groups is 1. The number of hydrogen-bond acceptors (Lipinski definition) is 7. The number of imidazole rings is 1. The van der Waals surface area contributed by atoms with E-state index in [1.807, 2.05) is 152 Å². The number of anilines is 1. The van der Waals surface area contributed by atoms with Crippen LogP contribution in [0.4, 0.5) is 17.3 Å². The molecule has 0 amide bonds. The molecule has 0 spiro atoms. The SMILES string of the molecule is C=C/C=C(\C=C/CN)N(C)CCC(CC)CCCCCCC.CC.CC.CC.CC.CCN(C)c1ccc(N=Nc2n(C)cc[n+]2C)cc1.C[NH2+]/C=C\N(C)CN. The summed E-state index contributed by atoms with van der Waals surface area (Å²) in [4.78, 5) is 6.39. The Hall–Kier alpha value is -3.73. The maximum atomic E-state index is 5.55. The van der Waals surface area contributed by atoms with Crippen molar-refractivity contribution in [2.45, 2.75) is 128 Å². The number of unbranched alkanes of at least 4 members (excludes halogenated alkanes) is 4. The second kappa shape index (κ2) is 48.4. The molecule has 0 aliphatic rings. The quantitative estimate of drug-likeness (QED) is 0.0383.